The van der Waals surface area contributed by atoms with Crippen molar-refractivity contribution < 1.29 is 0 Å². The molecule has 0 amide bonds. The van der Waals surface area contributed by atoms with Gasteiger partial charge in [0.25, 0.3) is 0 Å². The second-order valence-corrected chi connectivity index (χ2v) is 5.53. The molecule has 0 saturated heterocycles. The first-order chi connectivity index (χ1) is 8.02. The molecule has 0 aliphatic heterocycles. The summed E-state index contributed by atoms with van der Waals surface area (Å²) in [5.74, 6) is 1.34. The van der Waals surface area contributed by atoms with Crippen molar-refractivity contribution in [3.05, 3.63) is 29.3 Å². The van der Waals surface area contributed by atoms with Crippen molar-refractivity contribution in [2.45, 2.75) is 40.5 Å². The quantitative estimate of drug-likeness (QED) is 0.537. The van der Waals surface area contributed by atoms with Gasteiger partial charge in [-0.05, 0) is 60.2 Å². The Morgan fingerprint density at radius 1 is 1.06 bits per heavy atom. The van der Waals surface area contributed by atoms with Crippen molar-refractivity contribution in [1.29, 1.82) is 0 Å². The van der Waals surface area contributed by atoms with Gasteiger partial charge in [0.2, 0.25) is 0 Å². The first-order valence-corrected chi connectivity index (χ1v) is 6.63. The van der Waals surface area contributed by atoms with Crippen LogP contribution in [0.25, 0.3) is 0 Å². The Balaban J connectivity index is 3.06. The molecule has 0 aliphatic carbocycles. The van der Waals surface area contributed by atoms with Gasteiger partial charge in [0.15, 0.2) is 0 Å². The van der Waals surface area contributed by atoms with E-state index in [2.05, 4.69) is 62.2 Å². The van der Waals surface area contributed by atoms with Crippen LogP contribution in [0.3, 0.4) is 0 Å². The number of nitrogens with zero attached hydrogens (tertiary/aromatic N) is 1. The lowest BCUT2D eigenvalue weighted by Gasteiger charge is -2.14. The number of hydrogen-bond donors (Lipinski definition) is 0. The van der Waals surface area contributed by atoms with Gasteiger partial charge in [0.05, 0.1) is 10.8 Å². The molecule has 2 heteroatoms. The summed E-state index contributed by atoms with van der Waals surface area (Å²) in [5, 5.41) is 2.43. The molecule has 0 spiro atoms. The minimum atomic E-state index is 0.660. The van der Waals surface area contributed by atoms with Crippen molar-refractivity contribution in [2.75, 3.05) is 0 Å². The Bertz CT molecular complexity index is 415. The maximum atomic E-state index is 4.65. The fourth-order valence-corrected chi connectivity index (χ4v) is 2.11. The van der Waals surface area contributed by atoms with E-state index in [4.69, 9.17) is 0 Å². The van der Waals surface area contributed by atoms with Gasteiger partial charge in [-0.3, -0.25) is 0 Å². The van der Waals surface area contributed by atoms with E-state index in [-0.39, 0.29) is 0 Å². The zero-order chi connectivity index (χ0) is 12.8. The third-order valence-corrected chi connectivity index (χ3v) is 2.71. The molecule has 0 saturated carbocycles. The molecule has 0 aliphatic rings. The molecule has 0 N–H and O–H groups in total. The molecule has 92 valence electrons. The summed E-state index contributed by atoms with van der Waals surface area (Å²) in [6.07, 6.45) is 2.23. The highest BCUT2D eigenvalue weighted by atomic mass is 32.1. The number of aliphatic imine (C=N–C) groups is 1. The molecule has 0 radical (unpaired) electrons. The zero-order valence-electron chi connectivity index (χ0n) is 11.2. The summed E-state index contributed by atoms with van der Waals surface area (Å²) in [7, 11) is 0. The van der Waals surface area contributed by atoms with Gasteiger partial charge in [0, 0.05) is 0 Å². The van der Waals surface area contributed by atoms with Gasteiger partial charge >= 0.3 is 0 Å². The fraction of sp³-hybridized carbons (Fsp3) is 0.533. The fourth-order valence-electron chi connectivity index (χ4n) is 2.00. The first-order valence-electron chi connectivity index (χ1n) is 6.22. The molecule has 1 nitrogen and oxygen atoms in total. The van der Waals surface area contributed by atoms with Crippen LogP contribution in [0.4, 0.5) is 5.69 Å². The molecule has 0 heterocycles. The van der Waals surface area contributed by atoms with Crippen molar-refractivity contribution in [2.24, 2.45) is 16.8 Å². The average Bonchev–Trinajstić information content (AvgIpc) is 2.21. The van der Waals surface area contributed by atoms with Gasteiger partial charge in [-0.25, -0.2) is 0 Å². The van der Waals surface area contributed by atoms with Crippen LogP contribution in [0.5, 0.6) is 0 Å². The summed E-state index contributed by atoms with van der Waals surface area (Å²) < 4.78 is 0. The van der Waals surface area contributed by atoms with E-state index in [9.17, 15) is 0 Å². The molecule has 0 atom stereocenters. The van der Waals surface area contributed by atoms with Gasteiger partial charge in [0.1, 0.15) is 0 Å². The molecular formula is C15H21NS. The monoisotopic (exact) mass is 247 g/mol. The summed E-state index contributed by atoms with van der Waals surface area (Å²) >= 11 is 4.65. The number of benzene rings is 1. The van der Waals surface area contributed by atoms with Crippen LogP contribution in [-0.4, -0.2) is 5.16 Å². The van der Waals surface area contributed by atoms with E-state index in [1.54, 1.807) is 0 Å². The van der Waals surface area contributed by atoms with Crippen LogP contribution < -0.4 is 0 Å². The molecule has 0 unspecified atom stereocenters. The largest absolute Gasteiger partial charge is 0.195 e. The molecule has 0 fully saturated rings. The third-order valence-electron chi connectivity index (χ3n) is 2.62. The highest BCUT2D eigenvalue weighted by molar-refractivity contribution is 7.78. The smallest absolute Gasteiger partial charge is 0.0742 e. The number of thiocarbonyl (C=S) groups is 1. The van der Waals surface area contributed by atoms with E-state index in [0.717, 1.165) is 18.5 Å². The highest BCUT2D eigenvalue weighted by Crippen LogP contribution is 2.23. The first kappa shape index (κ1) is 14.1. The van der Waals surface area contributed by atoms with Gasteiger partial charge < -0.3 is 0 Å². The topological polar surface area (TPSA) is 12.4 Å². The summed E-state index contributed by atoms with van der Waals surface area (Å²) in [6.45, 7) is 8.99. The predicted molar refractivity (Wildman–Crippen MR) is 78.2 cm³/mol. The number of isothiocyanates is 1. The molecule has 0 bridgehead atoms. The van der Waals surface area contributed by atoms with Crippen LogP contribution in [-0.2, 0) is 12.8 Å². The van der Waals surface area contributed by atoms with Crippen molar-refractivity contribution >= 4 is 23.1 Å². The van der Waals surface area contributed by atoms with Gasteiger partial charge in [-0.2, -0.15) is 4.99 Å². The van der Waals surface area contributed by atoms with E-state index < -0.39 is 0 Å². The van der Waals surface area contributed by atoms with Crippen LogP contribution in [0.15, 0.2) is 23.2 Å². The number of rotatable bonds is 5. The van der Waals surface area contributed by atoms with Crippen LogP contribution in [0.2, 0.25) is 0 Å². The summed E-state index contributed by atoms with van der Waals surface area (Å²) in [4.78, 5) is 4.06. The Kier molecular flexibility index (Phi) is 5.54. The van der Waals surface area contributed by atoms with Gasteiger partial charge in [-0.15, -0.1) is 0 Å². The molecule has 17 heavy (non-hydrogen) atoms. The Morgan fingerprint density at radius 3 is 2.18 bits per heavy atom. The molecule has 0 aromatic heterocycles. The molecule has 1 rings (SSSR count). The molecule has 1 aromatic rings. The van der Waals surface area contributed by atoms with E-state index >= 15 is 0 Å². The lowest BCUT2D eigenvalue weighted by molar-refractivity contribution is 0.616. The predicted octanol–water partition coefficient (Wildman–Crippen LogP) is 4.82. The maximum absolute atomic E-state index is 4.65. The molecule has 1 aromatic carbocycles. The Labute approximate surface area is 110 Å². The standard InChI is InChI=1S/C15H21NS/c1-11(2)7-13-5-6-15(16-10-17)9-14(13)8-12(3)4/h5-6,9,11-12H,7-8H2,1-4H3. The van der Waals surface area contributed by atoms with Crippen molar-refractivity contribution in [3.63, 3.8) is 0 Å². The summed E-state index contributed by atoms with van der Waals surface area (Å²) in [6, 6.07) is 6.36. The number of hydrogen-bond acceptors (Lipinski definition) is 2. The average molecular weight is 247 g/mol. The second-order valence-electron chi connectivity index (χ2n) is 5.35. The Morgan fingerprint density at radius 2 is 1.65 bits per heavy atom. The van der Waals surface area contributed by atoms with Crippen molar-refractivity contribution in [3.8, 4) is 0 Å². The highest BCUT2D eigenvalue weighted by Gasteiger charge is 2.07. The van der Waals surface area contributed by atoms with Crippen LogP contribution >= 0.6 is 12.2 Å². The van der Waals surface area contributed by atoms with Gasteiger partial charge in [-0.1, -0.05) is 33.8 Å². The van der Waals surface area contributed by atoms with Crippen molar-refractivity contribution in [1.82, 2.24) is 0 Å². The minimum Gasteiger partial charge on any atom is -0.195 e. The third kappa shape index (κ3) is 4.80. The molecular weight excluding hydrogens is 226 g/mol. The van der Waals surface area contributed by atoms with Crippen LogP contribution in [0.1, 0.15) is 38.8 Å². The maximum Gasteiger partial charge on any atom is 0.0742 e. The Hall–Kier alpha value is -0.980. The van der Waals surface area contributed by atoms with Crippen LogP contribution in [0, 0.1) is 11.8 Å². The SMILES string of the molecule is CC(C)Cc1ccc(N=C=S)cc1CC(C)C. The normalized spacial score (nSPS) is 10.7. The second kappa shape index (κ2) is 6.68. The summed E-state index contributed by atoms with van der Waals surface area (Å²) in [5.41, 5.74) is 3.76. The zero-order valence-corrected chi connectivity index (χ0v) is 12.0. The lowest BCUT2D eigenvalue weighted by atomic mass is 9.92. The lowest BCUT2D eigenvalue weighted by Crippen LogP contribution is -2.02. The van der Waals surface area contributed by atoms with E-state index in [0.29, 0.717) is 11.8 Å². The minimum absolute atomic E-state index is 0.660. The van der Waals surface area contributed by atoms with E-state index in [1.807, 2.05) is 6.07 Å². The van der Waals surface area contributed by atoms with E-state index in [1.165, 1.54) is 11.1 Å².